The molecule has 136 valence electrons. The monoisotopic (exact) mass is 422 g/mol. The maximum Gasteiger partial charge on any atom is 0.285 e. The molecule has 0 atom stereocenters. The summed E-state index contributed by atoms with van der Waals surface area (Å²) in [5, 5.41) is 13.4. The zero-order valence-electron chi connectivity index (χ0n) is 13.7. The van der Waals surface area contributed by atoms with E-state index in [1.54, 1.807) is 24.3 Å². The van der Waals surface area contributed by atoms with Gasteiger partial charge >= 0.3 is 0 Å². The molecule has 0 aliphatic carbocycles. The first kappa shape index (κ1) is 19.3. The Hall–Kier alpha value is -3.01. The van der Waals surface area contributed by atoms with E-state index >= 15 is 0 Å². The Labute approximate surface area is 156 Å². The molecule has 0 bridgehead atoms. The maximum absolute atomic E-state index is 12.2. The zero-order chi connectivity index (χ0) is 19.3. The Kier molecular flexibility index (Phi) is 6.23. The molecule has 0 unspecified atom stereocenters. The van der Waals surface area contributed by atoms with Crippen LogP contribution in [0, 0.1) is 10.1 Å². The van der Waals surface area contributed by atoms with Gasteiger partial charge in [-0.25, -0.2) is 0 Å². The van der Waals surface area contributed by atoms with Crippen LogP contribution in [0.1, 0.15) is 0 Å². The first-order valence-corrected chi connectivity index (χ1v) is 8.20. The highest BCUT2D eigenvalue weighted by Gasteiger charge is 2.16. The summed E-state index contributed by atoms with van der Waals surface area (Å²) in [7, 11) is 1.41. The predicted molar refractivity (Wildman–Crippen MR) is 97.8 cm³/mol. The van der Waals surface area contributed by atoms with Crippen LogP contribution in [-0.2, 0) is 16.1 Å². The van der Waals surface area contributed by atoms with Crippen molar-refractivity contribution >= 4 is 39.1 Å². The van der Waals surface area contributed by atoms with Crippen molar-refractivity contribution in [3.8, 4) is 0 Å². The molecule has 0 aliphatic heterocycles. The topological polar surface area (TPSA) is 115 Å². The fraction of sp³-hybridized carbons (Fsp3) is 0.188. The van der Waals surface area contributed by atoms with Crippen LogP contribution in [0.15, 0.2) is 51.9 Å². The highest BCUT2D eigenvalue weighted by molar-refractivity contribution is 9.10. The average Bonchev–Trinajstić information content (AvgIpc) is 2.58. The van der Waals surface area contributed by atoms with Crippen molar-refractivity contribution < 1.29 is 14.5 Å². The first-order chi connectivity index (χ1) is 12.3. The number of hydrogen-bond acceptors (Lipinski definition) is 5. The lowest BCUT2D eigenvalue weighted by molar-refractivity contribution is -0.385. The molecule has 0 radical (unpaired) electrons. The number of amides is 2. The molecule has 0 aliphatic rings. The summed E-state index contributed by atoms with van der Waals surface area (Å²) in [6.45, 7) is -0.636. The van der Waals surface area contributed by atoms with Gasteiger partial charge < -0.3 is 10.2 Å². The molecule has 0 saturated carbocycles. The van der Waals surface area contributed by atoms with Gasteiger partial charge in [0.15, 0.2) is 0 Å². The Bertz CT molecular complexity index is 912. The summed E-state index contributed by atoms with van der Waals surface area (Å²) in [6.07, 6.45) is 0.995. The third kappa shape index (κ3) is 4.99. The summed E-state index contributed by atoms with van der Waals surface area (Å²) in [4.78, 5) is 47.3. The highest BCUT2D eigenvalue weighted by Crippen LogP contribution is 2.20. The molecule has 2 aromatic rings. The van der Waals surface area contributed by atoms with Gasteiger partial charge in [0.2, 0.25) is 11.8 Å². The lowest BCUT2D eigenvalue weighted by Gasteiger charge is -2.17. The fourth-order valence-corrected chi connectivity index (χ4v) is 2.46. The van der Waals surface area contributed by atoms with Crippen LogP contribution in [0.3, 0.4) is 0 Å². The van der Waals surface area contributed by atoms with Crippen LogP contribution in [0.25, 0.3) is 0 Å². The number of benzene rings is 1. The Morgan fingerprint density at radius 2 is 1.96 bits per heavy atom. The maximum atomic E-state index is 12.2. The summed E-state index contributed by atoms with van der Waals surface area (Å²) in [5.41, 5.74) is -0.282. The first-order valence-electron chi connectivity index (χ1n) is 7.41. The van der Waals surface area contributed by atoms with Gasteiger partial charge in [-0.1, -0.05) is 12.1 Å². The molecule has 2 amide bonds. The van der Waals surface area contributed by atoms with Gasteiger partial charge in [-0.05, 0) is 28.1 Å². The molecule has 0 saturated heterocycles. The van der Waals surface area contributed by atoms with Gasteiger partial charge in [-0.2, -0.15) is 0 Å². The highest BCUT2D eigenvalue weighted by atomic mass is 79.9. The number of carbonyl (C=O) groups excluding carboxylic acids is 2. The second-order valence-electron chi connectivity index (χ2n) is 5.39. The Balaban J connectivity index is 2.00. The van der Waals surface area contributed by atoms with E-state index < -0.39 is 28.8 Å². The van der Waals surface area contributed by atoms with Gasteiger partial charge in [0.25, 0.3) is 11.2 Å². The standard InChI is InChI=1S/C16H15BrN4O5/c1-19(9-14(22)18-13-5-3-2-4-12(13)17)16(24)10-20-8-11(21(25)26)6-7-15(20)23/h2-8H,9-10H2,1H3,(H,18,22). The van der Waals surface area contributed by atoms with Crippen LogP contribution in [0.2, 0.25) is 0 Å². The minimum atomic E-state index is -0.657. The second kappa shape index (κ2) is 8.39. The number of halogens is 1. The van der Waals surface area contributed by atoms with Crippen LogP contribution < -0.4 is 10.9 Å². The van der Waals surface area contributed by atoms with Crippen LogP contribution >= 0.6 is 15.9 Å². The van der Waals surface area contributed by atoms with Crippen LogP contribution in [0.5, 0.6) is 0 Å². The molecule has 9 nitrogen and oxygen atoms in total. The number of anilines is 1. The van der Waals surface area contributed by atoms with Crippen LogP contribution in [0.4, 0.5) is 11.4 Å². The molecular weight excluding hydrogens is 408 g/mol. The molecule has 0 spiro atoms. The van der Waals surface area contributed by atoms with Crippen molar-refractivity contribution in [1.82, 2.24) is 9.47 Å². The van der Waals surface area contributed by atoms with Crippen molar-refractivity contribution in [2.45, 2.75) is 6.54 Å². The third-order valence-corrected chi connectivity index (χ3v) is 4.13. The number of hydrogen-bond donors (Lipinski definition) is 1. The molecule has 26 heavy (non-hydrogen) atoms. The molecule has 2 rings (SSSR count). The number of nitrogens with one attached hydrogen (secondary N) is 1. The van der Waals surface area contributed by atoms with Crippen LogP contribution in [-0.4, -0.2) is 39.8 Å². The number of likely N-dealkylation sites (N-methyl/N-ethyl adjacent to an activating group) is 1. The fourth-order valence-electron chi connectivity index (χ4n) is 2.07. The number of carbonyl (C=O) groups is 2. The number of nitrogens with zero attached hydrogens (tertiary/aromatic N) is 3. The summed E-state index contributed by atoms with van der Waals surface area (Å²) >= 11 is 3.30. The van der Waals surface area contributed by atoms with Gasteiger partial charge in [0, 0.05) is 23.7 Å². The number of rotatable bonds is 6. The van der Waals surface area contributed by atoms with Crippen molar-refractivity contribution in [3.63, 3.8) is 0 Å². The number of para-hydroxylation sites is 1. The quantitative estimate of drug-likeness (QED) is 0.560. The van der Waals surface area contributed by atoms with Gasteiger partial charge in [0.05, 0.1) is 23.4 Å². The van der Waals surface area contributed by atoms with Crippen molar-refractivity contribution in [2.75, 3.05) is 18.9 Å². The summed E-state index contributed by atoms with van der Waals surface area (Å²) in [6, 6.07) is 9.10. The van der Waals surface area contributed by atoms with Crippen molar-refractivity contribution in [1.29, 1.82) is 0 Å². The van der Waals surface area contributed by atoms with E-state index in [1.165, 1.54) is 7.05 Å². The Morgan fingerprint density at radius 3 is 2.62 bits per heavy atom. The number of nitro groups is 1. The summed E-state index contributed by atoms with van der Waals surface area (Å²) < 4.78 is 1.63. The van der Waals surface area contributed by atoms with E-state index in [2.05, 4.69) is 21.2 Å². The van der Waals surface area contributed by atoms with Gasteiger partial charge in [-0.3, -0.25) is 29.1 Å². The van der Waals surface area contributed by atoms with Gasteiger partial charge in [-0.15, -0.1) is 0 Å². The van der Waals surface area contributed by atoms with E-state index in [-0.39, 0.29) is 12.2 Å². The van der Waals surface area contributed by atoms with Gasteiger partial charge in [0.1, 0.15) is 6.54 Å². The van der Waals surface area contributed by atoms with Crippen molar-refractivity contribution in [2.24, 2.45) is 0 Å². The van der Waals surface area contributed by atoms with E-state index in [0.29, 0.717) is 10.2 Å². The third-order valence-electron chi connectivity index (χ3n) is 3.44. The van der Waals surface area contributed by atoms with E-state index in [9.17, 15) is 24.5 Å². The molecular formula is C16H15BrN4O5. The predicted octanol–water partition coefficient (Wildman–Crippen LogP) is 1.62. The molecule has 1 aromatic carbocycles. The lowest BCUT2D eigenvalue weighted by Crippen LogP contribution is -2.38. The summed E-state index contributed by atoms with van der Waals surface area (Å²) in [5.74, 6) is -0.950. The molecule has 1 N–H and O–H groups in total. The lowest BCUT2D eigenvalue weighted by atomic mass is 10.3. The smallest absolute Gasteiger partial charge is 0.285 e. The minimum Gasteiger partial charge on any atom is -0.335 e. The normalized spacial score (nSPS) is 10.2. The number of pyridine rings is 1. The zero-order valence-corrected chi connectivity index (χ0v) is 15.3. The minimum absolute atomic E-state index is 0.232. The molecule has 10 heteroatoms. The largest absolute Gasteiger partial charge is 0.335 e. The molecule has 1 aromatic heterocycles. The molecule has 1 heterocycles. The SMILES string of the molecule is CN(CC(=O)Nc1ccccc1Br)C(=O)Cn1cc([N+](=O)[O-])ccc1=O. The number of aromatic nitrogens is 1. The van der Waals surface area contributed by atoms with E-state index in [0.717, 1.165) is 27.8 Å². The Morgan fingerprint density at radius 1 is 1.27 bits per heavy atom. The molecule has 0 fully saturated rings. The second-order valence-corrected chi connectivity index (χ2v) is 6.24. The van der Waals surface area contributed by atoms with Crippen molar-refractivity contribution in [3.05, 3.63) is 67.5 Å². The average molecular weight is 423 g/mol. The van der Waals surface area contributed by atoms with E-state index in [1.807, 2.05) is 0 Å². The van der Waals surface area contributed by atoms with E-state index in [4.69, 9.17) is 0 Å².